The maximum atomic E-state index is 13.3. The highest BCUT2D eigenvalue weighted by atomic mass is 32.1. The largest absolute Gasteiger partial charge is 0.274 e. The number of fused-ring (bicyclic) bond motifs is 1. The van der Waals surface area contributed by atoms with Crippen molar-refractivity contribution in [2.75, 3.05) is 0 Å². The molecule has 0 aliphatic carbocycles. The van der Waals surface area contributed by atoms with Crippen LogP contribution in [0.1, 0.15) is 5.56 Å². The van der Waals surface area contributed by atoms with Crippen molar-refractivity contribution in [3.8, 4) is 22.5 Å². The zero-order valence-corrected chi connectivity index (χ0v) is 15.6. The van der Waals surface area contributed by atoms with E-state index < -0.39 is 0 Å². The lowest BCUT2D eigenvalue weighted by atomic mass is 10.1. The second kappa shape index (κ2) is 6.87. The Morgan fingerprint density at radius 1 is 0.857 bits per heavy atom. The molecule has 5 aromatic rings. The van der Waals surface area contributed by atoms with Crippen LogP contribution in [0.25, 0.3) is 33.6 Å². The standard InChI is InChI=1S/C23H15N3OS/c27-22-19(14-16-8-7-13-24-15-16)28-23-25-20(17-9-3-1-4-10-17)21(26(22)23)18-11-5-2-6-12-18/h1-15H/b19-14-. The number of nitrogens with zero attached hydrogens (tertiary/aromatic N) is 3. The van der Waals surface area contributed by atoms with Gasteiger partial charge < -0.3 is 0 Å². The van der Waals surface area contributed by atoms with Crippen molar-refractivity contribution < 1.29 is 0 Å². The number of thiazole rings is 1. The molecule has 5 heteroatoms. The molecular formula is C23H15N3OS. The molecule has 0 bridgehead atoms. The molecule has 134 valence electrons. The van der Waals surface area contributed by atoms with Gasteiger partial charge in [-0.2, -0.15) is 0 Å². The van der Waals surface area contributed by atoms with Gasteiger partial charge in [0.25, 0.3) is 5.56 Å². The fourth-order valence-electron chi connectivity index (χ4n) is 3.27. The van der Waals surface area contributed by atoms with Gasteiger partial charge in [-0.05, 0) is 17.7 Å². The van der Waals surface area contributed by atoms with Crippen molar-refractivity contribution in [3.63, 3.8) is 0 Å². The summed E-state index contributed by atoms with van der Waals surface area (Å²) in [6.07, 6.45) is 5.33. The van der Waals surface area contributed by atoms with E-state index in [0.717, 1.165) is 28.1 Å². The van der Waals surface area contributed by atoms with E-state index in [-0.39, 0.29) is 5.56 Å². The maximum Gasteiger partial charge on any atom is 0.274 e. The lowest BCUT2D eigenvalue weighted by molar-refractivity contribution is 1.15. The van der Waals surface area contributed by atoms with Gasteiger partial charge in [0.2, 0.25) is 0 Å². The molecule has 28 heavy (non-hydrogen) atoms. The molecule has 0 N–H and O–H groups in total. The minimum Gasteiger partial charge on any atom is -0.267 e. The number of hydrogen-bond acceptors (Lipinski definition) is 4. The van der Waals surface area contributed by atoms with Gasteiger partial charge >= 0.3 is 0 Å². The molecule has 0 aliphatic rings. The van der Waals surface area contributed by atoms with Crippen LogP contribution in [0.5, 0.6) is 0 Å². The van der Waals surface area contributed by atoms with Gasteiger partial charge in [-0.3, -0.25) is 9.78 Å². The van der Waals surface area contributed by atoms with Crippen LogP contribution in [0.2, 0.25) is 0 Å². The first-order valence-corrected chi connectivity index (χ1v) is 9.71. The average Bonchev–Trinajstić information content (AvgIpc) is 3.27. The van der Waals surface area contributed by atoms with Crippen LogP contribution < -0.4 is 10.1 Å². The zero-order valence-electron chi connectivity index (χ0n) is 14.8. The Morgan fingerprint density at radius 2 is 1.57 bits per heavy atom. The summed E-state index contributed by atoms with van der Waals surface area (Å²) >= 11 is 1.40. The van der Waals surface area contributed by atoms with Crippen molar-refractivity contribution in [1.29, 1.82) is 0 Å². The average molecular weight is 381 g/mol. The molecule has 0 fully saturated rings. The maximum absolute atomic E-state index is 13.3. The van der Waals surface area contributed by atoms with Crippen LogP contribution in [0.15, 0.2) is 90.0 Å². The molecule has 0 amide bonds. The highest BCUT2D eigenvalue weighted by Gasteiger charge is 2.19. The molecule has 3 heterocycles. The summed E-state index contributed by atoms with van der Waals surface area (Å²) in [5.41, 5.74) is 4.45. The monoisotopic (exact) mass is 381 g/mol. The molecule has 0 saturated carbocycles. The van der Waals surface area contributed by atoms with Gasteiger partial charge in [0, 0.05) is 23.5 Å². The van der Waals surface area contributed by atoms with Crippen molar-refractivity contribution in [1.82, 2.24) is 14.4 Å². The quantitative estimate of drug-likeness (QED) is 0.474. The summed E-state index contributed by atoms with van der Waals surface area (Å²) in [5, 5.41) is 0. The third kappa shape index (κ3) is 2.82. The molecule has 3 aromatic heterocycles. The second-order valence-electron chi connectivity index (χ2n) is 6.36. The van der Waals surface area contributed by atoms with Gasteiger partial charge in [-0.15, -0.1) is 0 Å². The van der Waals surface area contributed by atoms with Gasteiger partial charge in [-0.25, -0.2) is 9.38 Å². The van der Waals surface area contributed by atoms with Gasteiger partial charge in [0.05, 0.1) is 15.9 Å². The fourth-order valence-corrected chi connectivity index (χ4v) is 4.24. The molecule has 5 rings (SSSR count). The Balaban J connectivity index is 1.82. The smallest absolute Gasteiger partial charge is 0.267 e. The second-order valence-corrected chi connectivity index (χ2v) is 7.37. The minimum absolute atomic E-state index is 0.0580. The SMILES string of the molecule is O=c1/c(=C/c2cccnc2)sc2nc(-c3ccccc3)c(-c3ccccc3)n12. The first-order chi connectivity index (χ1) is 13.8. The Hall–Kier alpha value is -3.57. The van der Waals surface area contributed by atoms with E-state index >= 15 is 0 Å². The molecule has 0 unspecified atom stereocenters. The number of rotatable bonds is 3. The third-order valence-corrected chi connectivity index (χ3v) is 5.51. The van der Waals surface area contributed by atoms with E-state index in [0.29, 0.717) is 9.49 Å². The predicted octanol–water partition coefficient (Wildman–Crippen LogP) is 4.03. The predicted molar refractivity (Wildman–Crippen MR) is 113 cm³/mol. The van der Waals surface area contributed by atoms with Crippen molar-refractivity contribution in [2.45, 2.75) is 0 Å². The van der Waals surface area contributed by atoms with Gasteiger partial charge in [0.15, 0.2) is 4.96 Å². The lowest BCUT2D eigenvalue weighted by Crippen LogP contribution is -2.23. The molecule has 4 nitrogen and oxygen atoms in total. The molecular weight excluding hydrogens is 366 g/mol. The number of aromatic nitrogens is 3. The van der Waals surface area contributed by atoms with E-state index in [4.69, 9.17) is 4.98 Å². The van der Waals surface area contributed by atoms with Crippen LogP contribution in [-0.2, 0) is 0 Å². The summed E-state index contributed by atoms with van der Waals surface area (Å²) in [7, 11) is 0. The molecule has 0 spiro atoms. The summed E-state index contributed by atoms with van der Waals surface area (Å²) in [6, 6.07) is 23.7. The molecule has 0 aliphatic heterocycles. The first-order valence-electron chi connectivity index (χ1n) is 8.89. The number of hydrogen-bond donors (Lipinski definition) is 0. The van der Waals surface area contributed by atoms with Crippen LogP contribution in [-0.4, -0.2) is 14.4 Å². The Labute approximate surface area is 165 Å². The minimum atomic E-state index is -0.0580. The number of pyridine rings is 1. The van der Waals surface area contributed by atoms with E-state index in [2.05, 4.69) is 4.98 Å². The van der Waals surface area contributed by atoms with E-state index in [1.807, 2.05) is 78.9 Å². The molecule has 0 saturated heterocycles. The summed E-state index contributed by atoms with van der Waals surface area (Å²) < 4.78 is 2.37. The first kappa shape index (κ1) is 16.6. The number of benzene rings is 2. The molecule has 0 radical (unpaired) electrons. The topological polar surface area (TPSA) is 47.3 Å². The molecule has 2 aromatic carbocycles. The van der Waals surface area contributed by atoms with Crippen LogP contribution in [0, 0.1) is 0 Å². The highest BCUT2D eigenvalue weighted by Crippen LogP contribution is 2.32. The summed E-state index contributed by atoms with van der Waals surface area (Å²) in [5.74, 6) is 0. The number of imidazole rings is 1. The van der Waals surface area contributed by atoms with Crippen molar-refractivity contribution in [2.24, 2.45) is 0 Å². The fraction of sp³-hybridized carbons (Fsp3) is 0. The highest BCUT2D eigenvalue weighted by molar-refractivity contribution is 7.15. The van der Waals surface area contributed by atoms with E-state index in [9.17, 15) is 4.79 Å². The van der Waals surface area contributed by atoms with Crippen LogP contribution >= 0.6 is 11.3 Å². The summed E-state index contributed by atoms with van der Waals surface area (Å²) in [6.45, 7) is 0. The molecule has 0 atom stereocenters. The van der Waals surface area contributed by atoms with Crippen molar-refractivity contribution >= 4 is 22.4 Å². The van der Waals surface area contributed by atoms with Crippen LogP contribution in [0.4, 0.5) is 0 Å². The zero-order chi connectivity index (χ0) is 18.9. The van der Waals surface area contributed by atoms with E-state index in [1.165, 1.54) is 11.3 Å². The lowest BCUT2D eigenvalue weighted by Gasteiger charge is -2.04. The summed E-state index contributed by atoms with van der Waals surface area (Å²) in [4.78, 5) is 22.9. The van der Waals surface area contributed by atoms with Gasteiger partial charge in [-0.1, -0.05) is 78.1 Å². The Morgan fingerprint density at radius 3 is 2.25 bits per heavy atom. The van der Waals surface area contributed by atoms with E-state index in [1.54, 1.807) is 16.8 Å². The Bertz CT molecular complexity index is 1360. The normalized spacial score (nSPS) is 11.9. The Kier molecular flexibility index (Phi) is 4.07. The third-order valence-electron chi connectivity index (χ3n) is 4.54. The van der Waals surface area contributed by atoms with Gasteiger partial charge in [0.1, 0.15) is 0 Å². The van der Waals surface area contributed by atoms with Crippen molar-refractivity contribution in [3.05, 3.63) is 106 Å². The van der Waals surface area contributed by atoms with Crippen LogP contribution in [0.3, 0.4) is 0 Å².